The second kappa shape index (κ2) is 15.8. The number of alkyl halides is 2. The van der Waals surface area contributed by atoms with Crippen LogP contribution >= 0.6 is 23.2 Å². The molecule has 2 N–H and O–H groups in total. The van der Waals surface area contributed by atoms with Gasteiger partial charge in [-0.3, -0.25) is 9.59 Å². The van der Waals surface area contributed by atoms with E-state index in [4.69, 9.17) is 32.5 Å². The molecule has 2 amide bonds. The van der Waals surface area contributed by atoms with Gasteiger partial charge in [0.1, 0.15) is 35.3 Å². The molecule has 0 fully saturated rings. The van der Waals surface area contributed by atoms with Crippen LogP contribution < -0.4 is 10.6 Å². The first-order valence-electron chi connectivity index (χ1n) is 14.5. The maximum atomic E-state index is 15.5. The van der Waals surface area contributed by atoms with Crippen molar-refractivity contribution >= 4 is 48.9 Å². The first-order valence-corrected chi connectivity index (χ1v) is 19.1. The van der Waals surface area contributed by atoms with Gasteiger partial charge in [-0.2, -0.15) is 9.49 Å². The highest BCUT2D eigenvalue weighted by molar-refractivity contribution is 6.76. The van der Waals surface area contributed by atoms with Crippen molar-refractivity contribution in [1.29, 1.82) is 0 Å². The van der Waals surface area contributed by atoms with E-state index in [1.165, 1.54) is 12.3 Å². The third-order valence-corrected chi connectivity index (χ3v) is 9.05. The molecule has 0 saturated carbocycles. The van der Waals surface area contributed by atoms with Gasteiger partial charge in [0.15, 0.2) is 0 Å². The molecule has 1 atom stereocenters. The van der Waals surface area contributed by atoms with Crippen LogP contribution in [0.3, 0.4) is 0 Å². The summed E-state index contributed by atoms with van der Waals surface area (Å²) in [5.74, 6) is -1.81. The van der Waals surface area contributed by atoms with Gasteiger partial charge in [-0.15, -0.1) is 23.2 Å². The fraction of sp³-hybridized carbons (Fsp3) is 0.552. The minimum Gasteiger partial charge on any atom is -0.364 e. The van der Waals surface area contributed by atoms with Gasteiger partial charge in [0.05, 0.1) is 11.4 Å². The Labute approximate surface area is 263 Å². The lowest BCUT2D eigenvalue weighted by Gasteiger charge is -2.18. The lowest BCUT2D eigenvalue weighted by atomic mass is 10.0. The predicted octanol–water partition coefficient (Wildman–Crippen LogP) is 6.53. The lowest BCUT2D eigenvalue weighted by molar-refractivity contribution is -0.118. The van der Waals surface area contributed by atoms with Gasteiger partial charge < -0.3 is 19.9 Å². The van der Waals surface area contributed by atoms with Crippen LogP contribution in [0.25, 0.3) is 11.1 Å². The van der Waals surface area contributed by atoms with Gasteiger partial charge in [-0.25, -0.2) is 9.67 Å². The average Bonchev–Trinajstić information content (AvgIpc) is 3.53. The fourth-order valence-electron chi connectivity index (χ4n) is 4.56. The molecule has 236 valence electrons. The van der Waals surface area contributed by atoms with Crippen LogP contribution in [-0.4, -0.2) is 57.3 Å². The molecule has 14 heteroatoms. The third-order valence-electron chi connectivity index (χ3n) is 6.91. The number of hydrogen-bond donors (Lipinski definition) is 2. The number of ether oxygens (including phenoxy) is 1. The molecule has 0 radical (unpaired) electrons. The number of amides is 2. The second-order valence-corrected chi connectivity index (χ2v) is 18.4. The largest absolute Gasteiger partial charge is 0.364 e. The Morgan fingerprint density at radius 2 is 1.91 bits per heavy atom. The van der Waals surface area contributed by atoms with Gasteiger partial charge in [0.25, 0.3) is 5.91 Å². The molecular weight excluding hydrogens is 614 g/mol. The molecule has 0 aliphatic heterocycles. The van der Waals surface area contributed by atoms with Gasteiger partial charge in [-0.05, 0) is 57.2 Å². The first kappa shape index (κ1) is 34.7. The van der Waals surface area contributed by atoms with E-state index in [1.54, 1.807) is 10.7 Å². The third kappa shape index (κ3) is 9.85. The molecule has 3 aromatic heterocycles. The normalized spacial score (nSPS) is 12.5. The highest BCUT2D eigenvalue weighted by Crippen LogP contribution is 2.30. The van der Waals surface area contributed by atoms with Crippen LogP contribution in [0.5, 0.6) is 0 Å². The van der Waals surface area contributed by atoms with E-state index >= 15 is 4.39 Å². The molecule has 3 rings (SSSR count). The predicted molar refractivity (Wildman–Crippen MR) is 169 cm³/mol. The van der Waals surface area contributed by atoms with Crippen LogP contribution in [0.2, 0.25) is 25.7 Å². The fourth-order valence-corrected chi connectivity index (χ4v) is 5.62. The Balaban J connectivity index is 1.76. The molecule has 10 nitrogen and oxygen atoms in total. The highest BCUT2D eigenvalue weighted by Gasteiger charge is 2.26. The molecule has 0 aromatic carbocycles. The van der Waals surface area contributed by atoms with E-state index in [-0.39, 0.29) is 30.1 Å². The summed E-state index contributed by atoms with van der Waals surface area (Å²) in [7, 11) is -1.22. The van der Waals surface area contributed by atoms with Crippen molar-refractivity contribution in [1.82, 2.24) is 25.2 Å². The Bertz CT molecular complexity index is 1390. The Morgan fingerprint density at radius 3 is 2.53 bits per heavy atom. The van der Waals surface area contributed by atoms with Gasteiger partial charge >= 0.3 is 0 Å². The number of nitrogens with one attached hydrogen (secondary N) is 2. The van der Waals surface area contributed by atoms with Crippen LogP contribution in [0.4, 0.5) is 10.2 Å². The summed E-state index contributed by atoms with van der Waals surface area (Å²) in [4.78, 5) is 29.6. The molecule has 0 aliphatic rings. The summed E-state index contributed by atoms with van der Waals surface area (Å²) in [5, 5.41) is 13.8. The minimum absolute atomic E-state index is 0.00932. The summed E-state index contributed by atoms with van der Waals surface area (Å²) in [6.45, 7) is 13.4. The summed E-state index contributed by atoms with van der Waals surface area (Å²) in [6, 6.07) is 3.18. The monoisotopic (exact) mass is 654 g/mol. The smallest absolute Gasteiger partial charge is 0.257 e. The summed E-state index contributed by atoms with van der Waals surface area (Å²) >= 11 is 11.7. The topological polar surface area (TPSA) is 124 Å². The second-order valence-electron chi connectivity index (χ2n) is 11.5. The van der Waals surface area contributed by atoms with Crippen molar-refractivity contribution < 1.29 is 23.2 Å². The van der Waals surface area contributed by atoms with Crippen molar-refractivity contribution in [3.8, 4) is 11.1 Å². The van der Waals surface area contributed by atoms with Crippen molar-refractivity contribution in [2.24, 2.45) is 0 Å². The van der Waals surface area contributed by atoms with Crippen molar-refractivity contribution in [3.05, 3.63) is 47.0 Å². The average molecular weight is 656 g/mol. The van der Waals surface area contributed by atoms with Gasteiger partial charge in [0, 0.05) is 31.5 Å². The number of hydrogen-bond acceptors (Lipinski definition) is 7. The molecule has 0 spiro atoms. The molecular formula is C29H41Cl2FN6O4Si. The number of carbonyl (C=O) groups excluding carboxylic acids is 2. The van der Waals surface area contributed by atoms with Crippen LogP contribution in [0.15, 0.2) is 22.9 Å². The maximum absolute atomic E-state index is 15.5. The van der Waals surface area contributed by atoms with Crippen LogP contribution in [0, 0.1) is 12.9 Å². The van der Waals surface area contributed by atoms with E-state index < -0.39 is 36.7 Å². The lowest BCUT2D eigenvalue weighted by Crippen LogP contribution is -2.44. The molecule has 0 unspecified atom stereocenters. The van der Waals surface area contributed by atoms with E-state index in [9.17, 15) is 9.59 Å². The minimum atomic E-state index is -1.22. The van der Waals surface area contributed by atoms with Gasteiger partial charge in [-0.1, -0.05) is 38.6 Å². The van der Waals surface area contributed by atoms with E-state index in [0.717, 1.165) is 11.7 Å². The summed E-state index contributed by atoms with van der Waals surface area (Å²) in [6.07, 6.45) is 3.47. The van der Waals surface area contributed by atoms with E-state index in [0.29, 0.717) is 49.2 Å². The first-order chi connectivity index (χ1) is 20.3. The van der Waals surface area contributed by atoms with Crippen molar-refractivity contribution in [2.75, 3.05) is 11.9 Å². The van der Waals surface area contributed by atoms with Crippen molar-refractivity contribution in [3.63, 3.8) is 0 Å². The molecule has 0 aliphatic carbocycles. The van der Waals surface area contributed by atoms with Gasteiger partial charge in [0.2, 0.25) is 11.9 Å². The SMILES string of the molecule is CCc1nocc1C(=O)N[C@@H](CCCC(Cl)Cl)C(=O)Nc1ccc(-c2c(C)nn(COCC[Si](C)(C)C)c2CC)c(F)n1. The number of rotatable bonds is 16. The number of nitrogens with zero attached hydrogens (tertiary/aromatic N) is 4. The quantitative estimate of drug-likeness (QED) is 0.0779. The Morgan fingerprint density at radius 1 is 1.16 bits per heavy atom. The Hall–Kier alpha value is -2.80. The maximum Gasteiger partial charge on any atom is 0.257 e. The molecule has 0 bridgehead atoms. The standard InChI is InChI=1S/C29H41Cl2FN6O4Si/c1-7-21-20(16-42-37-21)28(39)33-22(10-9-11-24(30)31)29(40)35-25-13-12-19(27(32)34-25)26-18(3)36-38(23(26)8-2)17-41-14-15-43(4,5)6/h12-13,16,22,24H,7-11,14-15,17H2,1-6H3,(H,33,39)(H,34,35,40)/t22-/m0/s1. The van der Waals surface area contributed by atoms with Crippen molar-refractivity contribution in [2.45, 2.75) is 96.2 Å². The summed E-state index contributed by atoms with van der Waals surface area (Å²) < 4.78 is 28.0. The zero-order valence-corrected chi connectivity index (χ0v) is 28.1. The molecule has 3 heterocycles. The number of aryl methyl sites for hydroxylation is 2. The number of carbonyl (C=O) groups is 2. The number of aromatic nitrogens is 4. The zero-order chi connectivity index (χ0) is 31.7. The van der Waals surface area contributed by atoms with Crippen LogP contribution in [-0.2, 0) is 29.1 Å². The molecule has 0 saturated heterocycles. The zero-order valence-electron chi connectivity index (χ0n) is 25.6. The molecule has 43 heavy (non-hydrogen) atoms. The van der Waals surface area contributed by atoms with E-state index in [1.807, 2.05) is 20.8 Å². The van der Waals surface area contributed by atoms with E-state index in [2.05, 4.69) is 45.5 Å². The molecule has 3 aromatic rings. The number of pyridine rings is 1. The highest BCUT2D eigenvalue weighted by atomic mass is 35.5. The summed E-state index contributed by atoms with van der Waals surface area (Å²) in [5.41, 5.74) is 3.14. The number of anilines is 1. The number of halogens is 3. The Kier molecular flexibility index (Phi) is 12.7. The van der Waals surface area contributed by atoms with Crippen LogP contribution in [0.1, 0.15) is 60.5 Å².